The molecule has 0 unspecified atom stereocenters. The van der Waals surface area contributed by atoms with E-state index in [1.165, 1.54) is 6.07 Å². The number of carbonyl (C=O) groups excluding carboxylic acids is 2. The maximum Gasteiger partial charge on any atom is 0.270 e. The van der Waals surface area contributed by atoms with Crippen LogP contribution in [-0.2, 0) is 19.6 Å². The fourth-order valence-electron chi connectivity index (χ4n) is 5.73. The molecule has 0 spiro atoms. The van der Waals surface area contributed by atoms with E-state index in [9.17, 15) is 24.2 Å². The molecule has 1 aliphatic heterocycles. The van der Waals surface area contributed by atoms with Crippen molar-refractivity contribution in [3.8, 4) is 11.4 Å². The van der Waals surface area contributed by atoms with Gasteiger partial charge in [0.25, 0.3) is 11.8 Å². The lowest BCUT2D eigenvalue weighted by molar-refractivity contribution is -0.0429. The molecule has 0 saturated carbocycles. The van der Waals surface area contributed by atoms with Gasteiger partial charge in [0.15, 0.2) is 23.6 Å². The molecule has 2 amide bonds. The summed E-state index contributed by atoms with van der Waals surface area (Å²) in [4.78, 5) is 30.8. The Hall–Kier alpha value is -5.21. The third kappa shape index (κ3) is 4.56. The van der Waals surface area contributed by atoms with E-state index in [1.807, 2.05) is 23.6 Å². The third-order valence-electron chi connectivity index (χ3n) is 7.92. The van der Waals surface area contributed by atoms with Gasteiger partial charge in [0, 0.05) is 18.2 Å². The van der Waals surface area contributed by atoms with Crippen LogP contribution in [-0.4, -0.2) is 51.4 Å². The zero-order valence-corrected chi connectivity index (χ0v) is 22.8. The summed E-state index contributed by atoms with van der Waals surface area (Å²) >= 11 is 0. The number of carbonyl (C=O) groups is 2. The number of fused-ring (bicyclic) bond motifs is 5. The molecular weight excluding hydrogens is 559 g/mol. The highest BCUT2D eigenvalue weighted by Gasteiger charge is 2.29. The maximum atomic E-state index is 14.6. The van der Waals surface area contributed by atoms with Crippen molar-refractivity contribution in [1.82, 2.24) is 40.0 Å². The number of nitrogens with zero attached hydrogens (tertiary/aromatic N) is 6. The van der Waals surface area contributed by atoms with Crippen molar-refractivity contribution in [2.75, 3.05) is 0 Å². The first-order valence-electron chi connectivity index (χ1n) is 13.5. The standard InChI is InChI=1S/C29H25FN8O5/c1-14-16-5-6-20(18(16)4-3-17(14)29(41)42)35-28(40)23-9-21(34-26-19(30)11-33-38(23)26)27(39)31-10-15-2-7-24-22(8-15)37-13-32-36-25(37)12-43-24/h2-4,7-9,11,13,20,29,41-42H,5-6,10,12H2,1H3,(H,31,39)(H,35,40)/t20-/m0/s1. The van der Waals surface area contributed by atoms with Crippen LogP contribution in [0, 0.1) is 12.7 Å². The number of halogens is 1. The van der Waals surface area contributed by atoms with Crippen LogP contribution in [0.25, 0.3) is 11.3 Å². The average molecular weight is 585 g/mol. The topological polar surface area (TPSA) is 169 Å². The third-order valence-corrected chi connectivity index (χ3v) is 7.92. The quantitative estimate of drug-likeness (QED) is 0.218. The molecule has 0 fully saturated rings. The summed E-state index contributed by atoms with van der Waals surface area (Å²) in [7, 11) is 0. The minimum atomic E-state index is -1.59. The number of aliphatic hydroxyl groups excluding tert-OH is 1. The molecule has 4 N–H and O–H groups in total. The van der Waals surface area contributed by atoms with Crippen molar-refractivity contribution in [2.45, 2.75) is 45.2 Å². The van der Waals surface area contributed by atoms with Gasteiger partial charge in [-0.1, -0.05) is 18.2 Å². The SMILES string of the molecule is Cc1c(C(O)O)ccc2c1CC[C@@H]2NC(=O)c1cc(C(=O)NCc2ccc3c(c2)-n2cnnc2CO3)nc2c(F)cnn12. The van der Waals surface area contributed by atoms with E-state index >= 15 is 0 Å². The van der Waals surface area contributed by atoms with Crippen LogP contribution in [0.4, 0.5) is 4.39 Å². The minimum absolute atomic E-state index is 0.0577. The second-order valence-electron chi connectivity index (χ2n) is 10.4. The summed E-state index contributed by atoms with van der Waals surface area (Å²) < 4.78 is 23.2. The van der Waals surface area contributed by atoms with E-state index in [4.69, 9.17) is 4.74 Å². The van der Waals surface area contributed by atoms with E-state index in [0.717, 1.165) is 38.7 Å². The number of nitrogens with one attached hydrogen (secondary N) is 2. The van der Waals surface area contributed by atoms with Crippen LogP contribution >= 0.6 is 0 Å². The molecule has 7 rings (SSSR count). The Balaban J connectivity index is 1.12. The van der Waals surface area contributed by atoms with Crippen molar-refractivity contribution in [3.05, 3.63) is 99.8 Å². The van der Waals surface area contributed by atoms with Crippen molar-refractivity contribution in [1.29, 1.82) is 0 Å². The molecule has 3 aromatic heterocycles. The Kier molecular flexibility index (Phi) is 6.36. The van der Waals surface area contributed by atoms with Crippen LogP contribution in [0.3, 0.4) is 0 Å². The van der Waals surface area contributed by atoms with E-state index in [-0.39, 0.29) is 29.6 Å². The van der Waals surface area contributed by atoms with Crippen LogP contribution in [0.2, 0.25) is 0 Å². The first-order chi connectivity index (χ1) is 20.8. The molecule has 1 aliphatic carbocycles. The fraction of sp³-hybridized carbons (Fsp3) is 0.241. The number of hydrogen-bond donors (Lipinski definition) is 4. The van der Waals surface area contributed by atoms with Gasteiger partial charge in [0.2, 0.25) is 0 Å². The van der Waals surface area contributed by atoms with E-state index in [2.05, 4.69) is 30.9 Å². The molecule has 218 valence electrons. The van der Waals surface area contributed by atoms with Crippen LogP contribution in [0.1, 0.15) is 73.4 Å². The van der Waals surface area contributed by atoms with Gasteiger partial charge in [0.1, 0.15) is 30.1 Å². The summed E-state index contributed by atoms with van der Waals surface area (Å²) in [5, 5.41) is 36.9. The van der Waals surface area contributed by atoms with E-state index in [0.29, 0.717) is 36.6 Å². The van der Waals surface area contributed by atoms with Gasteiger partial charge in [-0.15, -0.1) is 10.2 Å². The summed E-state index contributed by atoms with van der Waals surface area (Å²) in [6.45, 7) is 2.24. The van der Waals surface area contributed by atoms with Gasteiger partial charge in [-0.05, 0) is 54.2 Å². The van der Waals surface area contributed by atoms with Gasteiger partial charge in [-0.2, -0.15) is 5.10 Å². The Bertz CT molecular complexity index is 1930. The van der Waals surface area contributed by atoms with Gasteiger partial charge < -0.3 is 25.6 Å². The monoisotopic (exact) mass is 584 g/mol. The predicted octanol–water partition coefficient (Wildman–Crippen LogP) is 1.98. The summed E-state index contributed by atoms with van der Waals surface area (Å²) in [6.07, 6.45) is 2.16. The molecule has 1 atom stereocenters. The highest BCUT2D eigenvalue weighted by Crippen LogP contribution is 2.36. The predicted molar refractivity (Wildman–Crippen MR) is 147 cm³/mol. The zero-order valence-electron chi connectivity index (χ0n) is 22.8. The number of rotatable bonds is 6. The molecule has 2 aromatic carbocycles. The van der Waals surface area contributed by atoms with Crippen molar-refractivity contribution in [2.24, 2.45) is 0 Å². The Labute approximate surface area is 243 Å². The van der Waals surface area contributed by atoms with Gasteiger partial charge in [0.05, 0.1) is 17.9 Å². The minimum Gasteiger partial charge on any atom is -0.483 e. The van der Waals surface area contributed by atoms with Crippen LogP contribution < -0.4 is 15.4 Å². The van der Waals surface area contributed by atoms with E-state index in [1.54, 1.807) is 24.5 Å². The first-order valence-corrected chi connectivity index (χ1v) is 13.5. The number of ether oxygens (including phenoxy) is 1. The fourth-order valence-corrected chi connectivity index (χ4v) is 5.73. The second-order valence-corrected chi connectivity index (χ2v) is 10.4. The van der Waals surface area contributed by atoms with Crippen molar-refractivity contribution in [3.63, 3.8) is 0 Å². The summed E-state index contributed by atoms with van der Waals surface area (Å²) in [6, 6.07) is 9.75. The van der Waals surface area contributed by atoms with Crippen LogP contribution in [0.15, 0.2) is 48.9 Å². The lowest BCUT2D eigenvalue weighted by atomic mass is 9.97. The lowest BCUT2D eigenvalue weighted by Crippen LogP contribution is -2.30. The van der Waals surface area contributed by atoms with Gasteiger partial charge in [-0.3, -0.25) is 14.2 Å². The second kappa shape index (κ2) is 10.3. The Morgan fingerprint density at radius 3 is 2.88 bits per heavy atom. The smallest absolute Gasteiger partial charge is 0.270 e. The molecule has 0 radical (unpaired) electrons. The molecule has 0 saturated heterocycles. The lowest BCUT2D eigenvalue weighted by Gasteiger charge is -2.19. The first kappa shape index (κ1) is 26.7. The van der Waals surface area contributed by atoms with E-state index < -0.39 is 23.9 Å². The molecule has 14 heteroatoms. The van der Waals surface area contributed by atoms with Crippen molar-refractivity contribution >= 4 is 17.5 Å². The number of benzene rings is 2. The molecule has 5 aromatic rings. The number of hydrogen-bond acceptors (Lipinski definition) is 9. The summed E-state index contributed by atoms with van der Waals surface area (Å²) in [5.41, 5.74) is 4.02. The molecule has 4 heterocycles. The number of amides is 2. The molecular formula is C29H25FN8O5. The molecule has 13 nitrogen and oxygen atoms in total. The molecule has 0 bridgehead atoms. The largest absolute Gasteiger partial charge is 0.483 e. The highest BCUT2D eigenvalue weighted by molar-refractivity contribution is 5.98. The normalized spacial score (nSPS) is 15.1. The van der Waals surface area contributed by atoms with Gasteiger partial charge in [-0.25, -0.2) is 13.9 Å². The highest BCUT2D eigenvalue weighted by atomic mass is 19.1. The maximum absolute atomic E-state index is 14.6. The molecule has 43 heavy (non-hydrogen) atoms. The summed E-state index contributed by atoms with van der Waals surface area (Å²) in [5.74, 6) is -0.628. The molecule has 2 aliphatic rings. The van der Waals surface area contributed by atoms with Crippen LogP contribution in [0.5, 0.6) is 5.75 Å². The number of aromatic nitrogens is 6. The van der Waals surface area contributed by atoms with Crippen molar-refractivity contribution < 1.29 is 28.9 Å². The van der Waals surface area contributed by atoms with Gasteiger partial charge >= 0.3 is 0 Å². The zero-order chi connectivity index (χ0) is 29.8. The number of aliphatic hydroxyl groups is 2. The average Bonchev–Trinajstić information content (AvgIpc) is 3.74. The Morgan fingerprint density at radius 2 is 2.05 bits per heavy atom. The Morgan fingerprint density at radius 1 is 1.19 bits per heavy atom.